The van der Waals surface area contributed by atoms with Gasteiger partial charge in [-0.3, -0.25) is 0 Å². The molecule has 234 valence electrons. The van der Waals surface area contributed by atoms with E-state index >= 15 is 0 Å². The number of rotatable bonds is 12. The van der Waals surface area contributed by atoms with Crippen molar-refractivity contribution in [2.45, 2.75) is 70.5 Å². The highest BCUT2D eigenvalue weighted by molar-refractivity contribution is 6.22. The van der Waals surface area contributed by atoms with Crippen LogP contribution in [-0.4, -0.2) is 64.1 Å². The second-order valence-corrected chi connectivity index (χ2v) is 8.00. The van der Waals surface area contributed by atoms with Crippen LogP contribution in [0.25, 0.3) is 0 Å². The van der Waals surface area contributed by atoms with Crippen molar-refractivity contribution in [1.82, 2.24) is 0 Å². The van der Waals surface area contributed by atoms with Crippen molar-refractivity contribution >= 4 is 23.2 Å². The molecular weight excluding hydrogens is 676 g/mol. The molecule has 0 fully saturated rings. The van der Waals surface area contributed by atoms with Gasteiger partial charge in [-0.1, -0.05) is 0 Å². The van der Waals surface area contributed by atoms with Crippen molar-refractivity contribution < 1.29 is 101 Å². The van der Waals surface area contributed by atoms with Gasteiger partial charge in [-0.05, 0) is 29.3 Å². The standard InChI is InChI=1S/C14H3Cl2F23/c15-13(36,37)7(24,25)5(20,21)3(17)1-2-4(18,19)6(22,23)8(26,27)9(28,29)10(30,31)11(32,33)12(34,35)14(16,38)39/h1H,2H2/b3-1-. The number of hydrogen-bond acceptors (Lipinski definition) is 0. The maximum atomic E-state index is 13.5. The fourth-order valence-electron chi connectivity index (χ4n) is 2.00. The molecule has 0 aliphatic heterocycles. The van der Waals surface area contributed by atoms with Gasteiger partial charge in [-0.25, -0.2) is 4.39 Å². The molecule has 0 atom stereocenters. The van der Waals surface area contributed by atoms with Gasteiger partial charge in [0.05, 0.1) is 0 Å². The molecule has 0 spiro atoms. The highest BCUT2D eigenvalue weighted by Crippen LogP contribution is 2.64. The van der Waals surface area contributed by atoms with Crippen LogP contribution in [0.5, 0.6) is 0 Å². The first-order valence-corrected chi connectivity index (χ1v) is 9.03. The zero-order chi connectivity index (χ0) is 32.5. The van der Waals surface area contributed by atoms with Gasteiger partial charge >= 0.3 is 64.1 Å². The molecule has 0 aromatic heterocycles. The molecule has 0 saturated carbocycles. The first kappa shape index (κ1) is 37.7. The van der Waals surface area contributed by atoms with Crippen LogP contribution in [0.4, 0.5) is 101 Å². The summed E-state index contributed by atoms with van der Waals surface area (Å²) in [7, 11) is 0. The van der Waals surface area contributed by atoms with Crippen molar-refractivity contribution in [2.24, 2.45) is 0 Å². The second kappa shape index (κ2) is 9.63. The molecule has 0 aliphatic rings. The summed E-state index contributed by atoms with van der Waals surface area (Å²) in [4.78, 5) is 0. The molecule has 0 rings (SSSR count). The smallest absolute Gasteiger partial charge is 0.205 e. The van der Waals surface area contributed by atoms with E-state index in [0.717, 1.165) is 0 Å². The largest absolute Gasteiger partial charge is 0.393 e. The Labute approximate surface area is 207 Å². The van der Waals surface area contributed by atoms with Crippen molar-refractivity contribution in [3.05, 3.63) is 11.9 Å². The van der Waals surface area contributed by atoms with Crippen LogP contribution in [0.1, 0.15) is 6.42 Å². The summed E-state index contributed by atoms with van der Waals surface area (Å²) >= 11 is 6.82. The van der Waals surface area contributed by atoms with E-state index in [0.29, 0.717) is 0 Å². The van der Waals surface area contributed by atoms with Crippen LogP contribution in [0.2, 0.25) is 0 Å². The van der Waals surface area contributed by atoms with E-state index in [4.69, 9.17) is 0 Å². The Kier molecular flexibility index (Phi) is 9.31. The molecule has 0 N–H and O–H groups in total. The Hall–Kier alpha value is -1.29. The quantitative estimate of drug-likeness (QED) is 0.143. The van der Waals surface area contributed by atoms with Crippen LogP contribution < -0.4 is 0 Å². The van der Waals surface area contributed by atoms with Gasteiger partial charge in [0.15, 0.2) is 5.83 Å². The predicted octanol–water partition coefficient (Wildman–Crippen LogP) is 9.61. The summed E-state index contributed by atoms with van der Waals surface area (Å²) in [6.07, 6.45) is -6.08. The average molecular weight is 679 g/mol. The van der Waals surface area contributed by atoms with Crippen LogP contribution in [0.3, 0.4) is 0 Å². The van der Waals surface area contributed by atoms with E-state index in [2.05, 4.69) is 23.2 Å². The van der Waals surface area contributed by atoms with Gasteiger partial charge in [-0.15, -0.1) is 0 Å². The molecule has 0 aromatic rings. The summed E-state index contributed by atoms with van der Waals surface area (Å²) in [5.74, 6) is -77.5. The van der Waals surface area contributed by atoms with E-state index in [9.17, 15) is 101 Å². The summed E-state index contributed by atoms with van der Waals surface area (Å²) in [5.41, 5.74) is 0. The zero-order valence-electron chi connectivity index (χ0n) is 16.7. The molecule has 0 saturated heterocycles. The lowest BCUT2D eigenvalue weighted by molar-refractivity contribution is -0.448. The minimum atomic E-state index is -8.93. The maximum Gasteiger partial charge on any atom is 0.393 e. The normalized spacial score (nSPS) is 17.1. The number of alkyl halides is 24. The van der Waals surface area contributed by atoms with Crippen LogP contribution >= 0.6 is 23.2 Å². The zero-order valence-corrected chi connectivity index (χ0v) is 18.2. The van der Waals surface area contributed by atoms with Crippen molar-refractivity contribution in [2.75, 3.05) is 0 Å². The molecule has 0 amide bonds. The lowest BCUT2D eigenvalue weighted by Crippen LogP contribution is -2.74. The van der Waals surface area contributed by atoms with E-state index in [1.807, 2.05) is 0 Å². The highest BCUT2D eigenvalue weighted by atomic mass is 35.5. The maximum absolute atomic E-state index is 13.5. The van der Waals surface area contributed by atoms with Crippen molar-refractivity contribution in [3.8, 4) is 0 Å². The highest BCUT2D eigenvalue weighted by Gasteiger charge is 2.94. The Bertz CT molecular complexity index is 920. The van der Waals surface area contributed by atoms with Crippen LogP contribution in [0, 0.1) is 0 Å². The Balaban J connectivity index is 6.75. The minimum Gasteiger partial charge on any atom is -0.205 e. The minimum absolute atomic E-state index is 2.08. The summed E-state index contributed by atoms with van der Waals surface area (Å²) in [6.45, 7) is 0. The third-order valence-corrected chi connectivity index (χ3v) is 4.85. The predicted molar refractivity (Wildman–Crippen MR) is 79.9 cm³/mol. The molecule has 25 heteroatoms. The molecule has 0 unspecified atom stereocenters. The molecular formula is C14H3Cl2F23. The summed E-state index contributed by atoms with van der Waals surface area (Å²) in [5, 5.41) is -13.5. The monoisotopic (exact) mass is 678 g/mol. The van der Waals surface area contributed by atoms with Crippen LogP contribution in [-0.2, 0) is 0 Å². The first-order valence-electron chi connectivity index (χ1n) is 8.28. The van der Waals surface area contributed by atoms with Gasteiger partial charge in [0.25, 0.3) is 0 Å². The molecule has 0 bridgehead atoms. The third kappa shape index (κ3) is 5.26. The Morgan fingerprint density at radius 3 is 0.949 bits per heavy atom. The molecule has 0 aliphatic carbocycles. The van der Waals surface area contributed by atoms with Crippen LogP contribution in [0.15, 0.2) is 11.9 Å². The molecule has 0 nitrogen and oxygen atoms in total. The summed E-state index contributed by atoms with van der Waals surface area (Å²) in [6, 6.07) is 0. The number of hydrogen-bond donors (Lipinski definition) is 0. The SMILES string of the molecule is F/C(=C\CC(F)(F)C(F)(F)C(F)(F)C(F)(F)C(F)(F)C(F)(F)C(F)(F)C(F)(F)Cl)C(F)(F)C(F)(F)C(F)(F)Cl. The lowest BCUT2D eigenvalue weighted by Gasteiger charge is -2.43. The molecule has 0 aromatic carbocycles. The van der Waals surface area contributed by atoms with Crippen molar-refractivity contribution in [1.29, 1.82) is 0 Å². The van der Waals surface area contributed by atoms with Gasteiger partial charge < -0.3 is 0 Å². The summed E-state index contributed by atoms with van der Waals surface area (Å²) < 4.78 is 301. The molecule has 0 heterocycles. The number of allylic oxidation sites excluding steroid dienone is 2. The van der Waals surface area contributed by atoms with E-state index in [1.54, 1.807) is 0 Å². The first-order chi connectivity index (χ1) is 16.4. The van der Waals surface area contributed by atoms with E-state index in [-0.39, 0.29) is 0 Å². The molecule has 0 radical (unpaired) electrons. The van der Waals surface area contributed by atoms with Gasteiger partial charge in [0, 0.05) is 6.42 Å². The fraction of sp³-hybridized carbons (Fsp3) is 0.857. The Morgan fingerprint density at radius 2 is 0.667 bits per heavy atom. The average Bonchev–Trinajstić information content (AvgIpc) is 2.69. The topological polar surface area (TPSA) is 0 Å². The van der Waals surface area contributed by atoms with Crippen molar-refractivity contribution in [3.63, 3.8) is 0 Å². The lowest BCUT2D eigenvalue weighted by atomic mass is 9.88. The van der Waals surface area contributed by atoms with E-state index < -0.39 is 82.4 Å². The molecule has 39 heavy (non-hydrogen) atoms. The third-order valence-electron chi connectivity index (χ3n) is 4.38. The van der Waals surface area contributed by atoms with Gasteiger partial charge in [0.1, 0.15) is 0 Å². The van der Waals surface area contributed by atoms with E-state index in [1.165, 1.54) is 0 Å². The van der Waals surface area contributed by atoms with Gasteiger partial charge in [0.2, 0.25) is 0 Å². The fourth-order valence-corrected chi connectivity index (χ4v) is 2.24. The number of halogens is 25. The Morgan fingerprint density at radius 1 is 0.410 bits per heavy atom. The van der Waals surface area contributed by atoms with Gasteiger partial charge in [-0.2, -0.15) is 96.6 Å². The second-order valence-electron chi connectivity index (χ2n) is 7.05.